The third-order valence-electron chi connectivity index (χ3n) is 1.92. The second kappa shape index (κ2) is 2.94. The molecule has 0 radical (unpaired) electrons. The highest BCUT2D eigenvalue weighted by atomic mass is 35.5. The Labute approximate surface area is 75.1 Å². The van der Waals surface area contributed by atoms with E-state index >= 15 is 0 Å². The molecule has 3 heteroatoms. The van der Waals surface area contributed by atoms with Gasteiger partial charge < -0.3 is 4.74 Å². The summed E-state index contributed by atoms with van der Waals surface area (Å²) in [4.78, 5) is 0. The minimum atomic E-state index is -0.350. The second-order valence-electron chi connectivity index (χ2n) is 2.83. The first-order chi connectivity index (χ1) is 5.77. The number of hydrogen-bond donors (Lipinski definition) is 0. The number of hydrogen-bond acceptors (Lipinski definition) is 1. The van der Waals surface area contributed by atoms with E-state index in [4.69, 9.17) is 16.3 Å². The molecule has 1 aliphatic rings. The van der Waals surface area contributed by atoms with Crippen LogP contribution in [-0.4, -0.2) is 6.61 Å². The van der Waals surface area contributed by atoms with Crippen LogP contribution in [0.4, 0.5) is 4.39 Å². The highest BCUT2D eigenvalue weighted by Crippen LogP contribution is 2.30. The number of halogens is 2. The summed E-state index contributed by atoms with van der Waals surface area (Å²) in [5, 5.41) is 0.441. The van der Waals surface area contributed by atoms with Crippen LogP contribution in [0.1, 0.15) is 12.0 Å². The molecule has 1 aromatic carbocycles. The van der Waals surface area contributed by atoms with Crippen LogP contribution in [-0.2, 0) is 6.42 Å². The first kappa shape index (κ1) is 7.87. The minimum Gasteiger partial charge on any atom is -0.490 e. The maximum absolute atomic E-state index is 13.1. The van der Waals surface area contributed by atoms with Crippen LogP contribution in [0.2, 0.25) is 5.02 Å². The van der Waals surface area contributed by atoms with Gasteiger partial charge >= 0.3 is 0 Å². The van der Waals surface area contributed by atoms with Gasteiger partial charge in [0.25, 0.3) is 0 Å². The molecule has 1 aromatic rings. The molecule has 1 aliphatic heterocycles. The summed E-state index contributed by atoms with van der Waals surface area (Å²) in [5.41, 5.74) is 0.881. The van der Waals surface area contributed by atoms with Crippen molar-refractivity contribution >= 4 is 11.6 Å². The van der Waals surface area contributed by atoms with E-state index < -0.39 is 0 Å². The SMILES string of the molecule is Fc1cc(Cl)cc2c1OCCC2. The Morgan fingerprint density at radius 1 is 1.42 bits per heavy atom. The van der Waals surface area contributed by atoms with Crippen molar-refractivity contribution in [2.75, 3.05) is 6.61 Å². The van der Waals surface area contributed by atoms with Gasteiger partial charge in [-0.15, -0.1) is 0 Å². The summed E-state index contributed by atoms with van der Waals surface area (Å²) in [6.45, 7) is 0.603. The number of benzene rings is 1. The molecule has 64 valence electrons. The van der Waals surface area contributed by atoms with Crippen LogP contribution in [0, 0.1) is 5.82 Å². The van der Waals surface area contributed by atoms with E-state index in [-0.39, 0.29) is 5.82 Å². The van der Waals surface area contributed by atoms with Gasteiger partial charge in [-0.2, -0.15) is 0 Å². The third kappa shape index (κ3) is 1.27. The quantitative estimate of drug-likeness (QED) is 0.606. The van der Waals surface area contributed by atoms with Crippen molar-refractivity contribution in [3.63, 3.8) is 0 Å². The molecule has 0 aliphatic carbocycles. The molecule has 0 unspecified atom stereocenters. The topological polar surface area (TPSA) is 9.23 Å². The van der Waals surface area contributed by atoms with Gasteiger partial charge in [-0.25, -0.2) is 4.39 Å². The Balaban J connectivity index is 2.53. The van der Waals surface area contributed by atoms with E-state index in [0.29, 0.717) is 17.4 Å². The fourth-order valence-electron chi connectivity index (χ4n) is 1.40. The predicted molar refractivity (Wildman–Crippen MR) is 45.2 cm³/mol. The van der Waals surface area contributed by atoms with Crippen LogP contribution in [0.15, 0.2) is 12.1 Å². The Hall–Kier alpha value is -0.760. The van der Waals surface area contributed by atoms with Crippen LogP contribution >= 0.6 is 11.6 Å². The van der Waals surface area contributed by atoms with E-state index in [1.807, 2.05) is 0 Å². The maximum atomic E-state index is 13.1. The monoisotopic (exact) mass is 186 g/mol. The lowest BCUT2D eigenvalue weighted by atomic mass is 10.1. The minimum absolute atomic E-state index is 0.350. The van der Waals surface area contributed by atoms with E-state index in [2.05, 4.69) is 0 Å². The standard InChI is InChI=1S/C9H8ClFO/c10-7-4-6-2-1-3-12-9(6)8(11)5-7/h4-5H,1-3H2. The Kier molecular flexibility index (Phi) is 1.93. The Morgan fingerprint density at radius 3 is 3.08 bits per heavy atom. The van der Waals surface area contributed by atoms with E-state index in [1.54, 1.807) is 6.07 Å². The first-order valence-electron chi connectivity index (χ1n) is 3.88. The fourth-order valence-corrected chi connectivity index (χ4v) is 1.63. The Morgan fingerprint density at radius 2 is 2.25 bits per heavy atom. The molecular formula is C9H8ClFO. The van der Waals surface area contributed by atoms with Crippen LogP contribution < -0.4 is 4.74 Å². The predicted octanol–water partition coefficient (Wildman–Crippen LogP) is 2.80. The molecule has 0 aromatic heterocycles. The van der Waals surface area contributed by atoms with Crippen LogP contribution in [0.3, 0.4) is 0 Å². The highest BCUT2D eigenvalue weighted by molar-refractivity contribution is 6.30. The first-order valence-corrected chi connectivity index (χ1v) is 4.26. The average Bonchev–Trinajstić information content (AvgIpc) is 2.04. The molecular weight excluding hydrogens is 179 g/mol. The molecule has 1 nitrogen and oxygen atoms in total. The van der Waals surface area contributed by atoms with Gasteiger partial charge in [0.05, 0.1) is 6.61 Å². The largest absolute Gasteiger partial charge is 0.490 e. The molecule has 0 saturated carbocycles. The zero-order valence-corrected chi connectivity index (χ0v) is 7.20. The van der Waals surface area contributed by atoms with Crippen molar-refractivity contribution in [1.29, 1.82) is 0 Å². The number of ether oxygens (including phenoxy) is 1. The van der Waals surface area contributed by atoms with Crippen molar-refractivity contribution in [3.05, 3.63) is 28.5 Å². The van der Waals surface area contributed by atoms with Crippen LogP contribution in [0.25, 0.3) is 0 Å². The van der Waals surface area contributed by atoms with Gasteiger partial charge in [-0.3, -0.25) is 0 Å². The van der Waals surface area contributed by atoms with Gasteiger partial charge in [-0.05, 0) is 30.5 Å². The van der Waals surface area contributed by atoms with Crippen LogP contribution in [0.5, 0.6) is 5.75 Å². The summed E-state index contributed by atoms with van der Waals surface area (Å²) in [6, 6.07) is 3.05. The number of rotatable bonds is 0. The molecule has 0 N–H and O–H groups in total. The zero-order valence-electron chi connectivity index (χ0n) is 6.44. The zero-order chi connectivity index (χ0) is 8.55. The molecule has 0 spiro atoms. The second-order valence-corrected chi connectivity index (χ2v) is 3.26. The molecule has 0 bridgehead atoms. The summed E-state index contributed by atoms with van der Waals surface area (Å²) < 4.78 is 18.3. The molecule has 2 rings (SSSR count). The lowest BCUT2D eigenvalue weighted by Gasteiger charge is -2.17. The normalized spacial score (nSPS) is 15.2. The molecule has 0 amide bonds. The number of fused-ring (bicyclic) bond motifs is 1. The Bertz CT molecular complexity index is 312. The van der Waals surface area contributed by atoms with E-state index in [1.165, 1.54) is 6.07 Å². The van der Waals surface area contributed by atoms with Gasteiger partial charge in [0.2, 0.25) is 0 Å². The lowest BCUT2D eigenvalue weighted by molar-refractivity contribution is 0.273. The lowest BCUT2D eigenvalue weighted by Crippen LogP contribution is -2.09. The highest BCUT2D eigenvalue weighted by Gasteiger charge is 2.15. The molecule has 0 fully saturated rings. The van der Waals surface area contributed by atoms with E-state index in [0.717, 1.165) is 18.4 Å². The molecule has 12 heavy (non-hydrogen) atoms. The van der Waals surface area contributed by atoms with E-state index in [9.17, 15) is 4.39 Å². The smallest absolute Gasteiger partial charge is 0.166 e. The van der Waals surface area contributed by atoms with Crippen molar-refractivity contribution in [3.8, 4) is 5.75 Å². The van der Waals surface area contributed by atoms with Gasteiger partial charge in [0.15, 0.2) is 11.6 Å². The van der Waals surface area contributed by atoms with Gasteiger partial charge in [0.1, 0.15) is 0 Å². The summed E-state index contributed by atoms with van der Waals surface area (Å²) >= 11 is 5.69. The van der Waals surface area contributed by atoms with Gasteiger partial charge in [-0.1, -0.05) is 11.6 Å². The van der Waals surface area contributed by atoms with Crippen molar-refractivity contribution in [2.24, 2.45) is 0 Å². The summed E-state index contributed by atoms with van der Waals surface area (Å²) in [5.74, 6) is 0.0304. The van der Waals surface area contributed by atoms with Crippen molar-refractivity contribution < 1.29 is 9.13 Å². The molecule has 0 saturated heterocycles. The van der Waals surface area contributed by atoms with Crippen molar-refractivity contribution in [1.82, 2.24) is 0 Å². The van der Waals surface area contributed by atoms with Crippen molar-refractivity contribution in [2.45, 2.75) is 12.8 Å². The maximum Gasteiger partial charge on any atom is 0.166 e. The number of aryl methyl sites for hydroxylation is 1. The average molecular weight is 187 g/mol. The third-order valence-corrected chi connectivity index (χ3v) is 2.14. The van der Waals surface area contributed by atoms with Gasteiger partial charge in [0, 0.05) is 5.02 Å². The summed E-state index contributed by atoms with van der Waals surface area (Å²) in [6.07, 6.45) is 1.79. The summed E-state index contributed by atoms with van der Waals surface area (Å²) in [7, 11) is 0. The fraction of sp³-hybridized carbons (Fsp3) is 0.333. The molecule has 0 atom stereocenters. The molecule has 1 heterocycles.